The number of hydrogen-bond donors (Lipinski definition) is 1. The molecule has 1 unspecified atom stereocenters. The van der Waals surface area contributed by atoms with Crippen molar-refractivity contribution in [1.29, 1.82) is 0 Å². The fourth-order valence-electron chi connectivity index (χ4n) is 2.13. The number of ether oxygens (including phenoxy) is 2. The quantitative estimate of drug-likeness (QED) is 0.858. The highest BCUT2D eigenvalue weighted by Gasteiger charge is 2.23. The van der Waals surface area contributed by atoms with E-state index in [9.17, 15) is 4.79 Å². The summed E-state index contributed by atoms with van der Waals surface area (Å²) in [5.41, 5.74) is 1.15. The molecule has 0 radical (unpaired) electrons. The molecule has 0 saturated heterocycles. The highest BCUT2D eigenvalue weighted by molar-refractivity contribution is 5.77. The molecular weight excluding hydrogens is 256 g/mol. The second kappa shape index (κ2) is 6.61. The van der Waals surface area contributed by atoms with E-state index in [0.717, 1.165) is 17.9 Å². The zero-order valence-corrected chi connectivity index (χ0v) is 12.3. The van der Waals surface area contributed by atoms with Crippen molar-refractivity contribution < 1.29 is 14.3 Å². The zero-order chi connectivity index (χ0) is 14.5. The van der Waals surface area contributed by atoms with Crippen molar-refractivity contribution in [1.82, 2.24) is 10.2 Å². The van der Waals surface area contributed by atoms with Crippen molar-refractivity contribution in [2.24, 2.45) is 0 Å². The van der Waals surface area contributed by atoms with Crippen LogP contribution in [0.4, 0.5) is 0 Å². The van der Waals surface area contributed by atoms with Gasteiger partial charge in [-0.1, -0.05) is 6.92 Å². The molecule has 2 rings (SSSR count). The number of rotatable bonds is 6. The van der Waals surface area contributed by atoms with Crippen molar-refractivity contribution in [2.45, 2.75) is 19.9 Å². The zero-order valence-electron chi connectivity index (χ0n) is 12.3. The Kier molecular flexibility index (Phi) is 4.84. The first-order chi connectivity index (χ1) is 9.65. The van der Waals surface area contributed by atoms with Gasteiger partial charge in [-0.05, 0) is 25.6 Å². The molecular formula is C15H22N2O3. The molecule has 0 aliphatic carbocycles. The molecule has 1 aliphatic rings. The molecule has 1 aromatic carbocycles. The molecule has 0 spiro atoms. The summed E-state index contributed by atoms with van der Waals surface area (Å²) in [7, 11) is 1.76. The number of carbonyl (C=O) groups excluding carboxylic acids is 1. The van der Waals surface area contributed by atoms with Gasteiger partial charge in [-0.15, -0.1) is 0 Å². The van der Waals surface area contributed by atoms with Crippen LogP contribution in [0.3, 0.4) is 0 Å². The predicted octanol–water partition coefficient (Wildman–Crippen LogP) is 1.59. The average Bonchev–Trinajstić information content (AvgIpc) is 2.86. The summed E-state index contributed by atoms with van der Waals surface area (Å²) >= 11 is 0. The molecule has 20 heavy (non-hydrogen) atoms. The van der Waals surface area contributed by atoms with Crippen LogP contribution < -0.4 is 14.8 Å². The normalized spacial score (nSPS) is 16.4. The van der Waals surface area contributed by atoms with Crippen LogP contribution in [-0.4, -0.2) is 44.2 Å². The first-order valence-electron chi connectivity index (χ1n) is 7.02. The van der Waals surface area contributed by atoms with Gasteiger partial charge in [0.1, 0.15) is 18.1 Å². The minimum Gasteiger partial charge on any atom is -0.491 e. The largest absolute Gasteiger partial charge is 0.491 e. The van der Waals surface area contributed by atoms with Crippen LogP contribution in [0.15, 0.2) is 18.2 Å². The van der Waals surface area contributed by atoms with Gasteiger partial charge in [0.15, 0.2) is 6.61 Å². The van der Waals surface area contributed by atoms with Gasteiger partial charge in [-0.25, -0.2) is 0 Å². The molecule has 1 aromatic rings. The maximum Gasteiger partial charge on any atom is 0.260 e. The number of amides is 1. The monoisotopic (exact) mass is 278 g/mol. The van der Waals surface area contributed by atoms with E-state index in [1.54, 1.807) is 11.9 Å². The highest BCUT2D eigenvalue weighted by Crippen LogP contribution is 2.35. The predicted molar refractivity (Wildman–Crippen MR) is 77.2 cm³/mol. The lowest BCUT2D eigenvalue weighted by Gasteiger charge is -2.15. The fourth-order valence-corrected chi connectivity index (χ4v) is 2.13. The Hall–Kier alpha value is -1.75. The summed E-state index contributed by atoms with van der Waals surface area (Å²) in [6, 6.07) is 5.99. The number of likely N-dealkylation sites (N-methyl/N-ethyl adjacent to an activating group) is 2. The van der Waals surface area contributed by atoms with Crippen LogP contribution in [0, 0.1) is 0 Å². The number of nitrogens with one attached hydrogen (secondary N) is 1. The molecule has 1 heterocycles. The number of hydrogen-bond acceptors (Lipinski definition) is 4. The van der Waals surface area contributed by atoms with E-state index in [0.29, 0.717) is 18.9 Å². The minimum atomic E-state index is -0.0283. The van der Waals surface area contributed by atoms with E-state index in [1.165, 1.54) is 0 Å². The molecule has 5 nitrogen and oxygen atoms in total. The first-order valence-corrected chi connectivity index (χ1v) is 7.02. The van der Waals surface area contributed by atoms with Crippen molar-refractivity contribution in [3.05, 3.63) is 23.8 Å². The highest BCUT2D eigenvalue weighted by atomic mass is 16.5. The maximum atomic E-state index is 11.7. The summed E-state index contributed by atoms with van der Waals surface area (Å²) in [5, 5.41) is 3.37. The maximum absolute atomic E-state index is 11.7. The van der Waals surface area contributed by atoms with Crippen LogP contribution in [0.5, 0.6) is 11.5 Å². The Morgan fingerprint density at radius 3 is 3.00 bits per heavy atom. The first kappa shape index (κ1) is 14.7. The molecule has 1 atom stereocenters. The fraction of sp³-hybridized carbons (Fsp3) is 0.533. The van der Waals surface area contributed by atoms with Gasteiger partial charge in [0.05, 0.1) is 6.04 Å². The standard InChI is InChI=1S/C15H22N2O3/c1-4-16-13-9-20-14-8-11(6-7-12(13)14)19-10-15(18)17(3)5-2/h6-8,13,16H,4-5,9-10H2,1-3H3. The van der Waals surface area contributed by atoms with Gasteiger partial charge in [0, 0.05) is 25.2 Å². The van der Waals surface area contributed by atoms with E-state index in [2.05, 4.69) is 12.2 Å². The number of nitrogens with zero attached hydrogens (tertiary/aromatic N) is 1. The van der Waals surface area contributed by atoms with Gasteiger partial charge >= 0.3 is 0 Å². The number of carbonyl (C=O) groups is 1. The Labute approximate surface area is 119 Å². The van der Waals surface area contributed by atoms with E-state index in [1.807, 2.05) is 25.1 Å². The lowest BCUT2D eigenvalue weighted by molar-refractivity contribution is -0.131. The van der Waals surface area contributed by atoms with Crippen LogP contribution in [0.25, 0.3) is 0 Å². The van der Waals surface area contributed by atoms with Gasteiger partial charge in [-0.3, -0.25) is 4.79 Å². The molecule has 0 saturated carbocycles. The SMILES string of the molecule is CCNC1COc2cc(OCC(=O)N(C)CC)ccc21. The Bertz CT molecular complexity index is 476. The molecule has 1 N–H and O–H groups in total. The topological polar surface area (TPSA) is 50.8 Å². The van der Waals surface area contributed by atoms with Crippen molar-refractivity contribution in [3.8, 4) is 11.5 Å². The Morgan fingerprint density at radius 2 is 2.30 bits per heavy atom. The average molecular weight is 278 g/mol. The molecule has 5 heteroatoms. The van der Waals surface area contributed by atoms with Crippen LogP contribution in [0.2, 0.25) is 0 Å². The number of benzene rings is 1. The third-order valence-corrected chi connectivity index (χ3v) is 3.48. The lowest BCUT2D eigenvalue weighted by Crippen LogP contribution is -2.31. The summed E-state index contributed by atoms with van der Waals surface area (Å²) in [5.74, 6) is 1.47. The van der Waals surface area contributed by atoms with E-state index >= 15 is 0 Å². The van der Waals surface area contributed by atoms with E-state index in [4.69, 9.17) is 9.47 Å². The molecule has 0 fully saturated rings. The third kappa shape index (κ3) is 3.22. The lowest BCUT2D eigenvalue weighted by atomic mass is 10.1. The molecule has 110 valence electrons. The summed E-state index contributed by atoms with van der Waals surface area (Å²) in [6.07, 6.45) is 0. The van der Waals surface area contributed by atoms with Crippen LogP contribution in [-0.2, 0) is 4.79 Å². The minimum absolute atomic E-state index is 0.0283. The van der Waals surface area contributed by atoms with Crippen molar-refractivity contribution >= 4 is 5.91 Å². The summed E-state index contributed by atoms with van der Waals surface area (Å²) in [4.78, 5) is 13.3. The summed E-state index contributed by atoms with van der Waals surface area (Å²) in [6.45, 7) is 6.29. The smallest absolute Gasteiger partial charge is 0.260 e. The van der Waals surface area contributed by atoms with Crippen LogP contribution in [0.1, 0.15) is 25.5 Å². The Balaban J connectivity index is 1.97. The second-order valence-electron chi connectivity index (χ2n) is 4.82. The van der Waals surface area contributed by atoms with Gasteiger partial charge in [0.2, 0.25) is 0 Å². The number of fused-ring (bicyclic) bond motifs is 1. The summed E-state index contributed by atoms with van der Waals surface area (Å²) < 4.78 is 11.2. The van der Waals surface area contributed by atoms with Crippen LogP contribution >= 0.6 is 0 Å². The van der Waals surface area contributed by atoms with Gasteiger partial charge in [-0.2, -0.15) is 0 Å². The van der Waals surface area contributed by atoms with Gasteiger partial charge < -0.3 is 19.7 Å². The Morgan fingerprint density at radius 1 is 1.50 bits per heavy atom. The molecule has 1 aliphatic heterocycles. The van der Waals surface area contributed by atoms with E-state index < -0.39 is 0 Å². The molecule has 0 aromatic heterocycles. The van der Waals surface area contributed by atoms with E-state index in [-0.39, 0.29) is 18.6 Å². The van der Waals surface area contributed by atoms with Crippen molar-refractivity contribution in [3.63, 3.8) is 0 Å². The molecule has 0 bridgehead atoms. The van der Waals surface area contributed by atoms with Crippen molar-refractivity contribution in [2.75, 3.05) is 33.4 Å². The third-order valence-electron chi connectivity index (χ3n) is 3.48. The molecule has 1 amide bonds. The second-order valence-corrected chi connectivity index (χ2v) is 4.82. The van der Waals surface area contributed by atoms with Gasteiger partial charge in [0.25, 0.3) is 5.91 Å².